The smallest absolute Gasteiger partial charge is 0.202 e. The third kappa shape index (κ3) is 4.14. The fourth-order valence-electron chi connectivity index (χ4n) is 2.74. The normalized spacial score (nSPS) is 10.6. The molecule has 0 unspecified atom stereocenters. The zero-order valence-electron chi connectivity index (χ0n) is 15.9. The van der Waals surface area contributed by atoms with Crippen molar-refractivity contribution < 1.29 is 9.13 Å². The van der Waals surface area contributed by atoms with E-state index in [1.807, 2.05) is 41.8 Å². The molecular weight excluding hydrogens is 403 g/mol. The summed E-state index contributed by atoms with van der Waals surface area (Å²) in [6.45, 7) is 2.50. The van der Waals surface area contributed by atoms with Crippen LogP contribution in [0, 0.1) is 17.1 Å². The molecule has 2 aromatic heterocycles. The topological polar surface area (TPSA) is 89.5 Å². The van der Waals surface area contributed by atoms with Crippen molar-refractivity contribution in [2.24, 2.45) is 0 Å². The number of hydrogen-bond acceptors (Lipinski definition) is 7. The van der Waals surface area contributed by atoms with Crippen LogP contribution in [-0.2, 0) is 0 Å². The molecule has 148 valence electrons. The highest BCUT2D eigenvalue weighted by molar-refractivity contribution is 7.99. The molecule has 0 aliphatic carbocycles. The van der Waals surface area contributed by atoms with Crippen molar-refractivity contribution in [1.29, 1.82) is 5.26 Å². The summed E-state index contributed by atoms with van der Waals surface area (Å²) in [6.07, 6.45) is 0. The van der Waals surface area contributed by atoms with Gasteiger partial charge in [-0.15, -0.1) is 20.4 Å². The van der Waals surface area contributed by atoms with Crippen LogP contribution in [0.1, 0.15) is 12.6 Å². The molecule has 2 heterocycles. The van der Waals surface area contributed by atoms with Crippen LogP contribution in [0.4, 0.5) is 4.39 Å². The van der Waals surface area contributed by atoms with Crippen LogP contribution in [0.15, 0.2) is 70.8 Å². The summed E-state index contributed by atoms with van der Waals surface area (Å²) in [5.41, 5.74) is 1.77. The third-order valence-corrected chi connectivity index (χ3v) is 4.97. The summed E-state index contributed by atoms with van der Waals surface area (Å²) in [5.74, 6) is 0.987. The van der Waals surface area contributed by atoms with Gasteiger partial charge in [0, 0.05) is 5.56 Å². The molecule has 9 heteroatoms. The highest BCUT2D eigenvalue weighted by Gasteiger charge is 2.18. The summed E-state index contributed by atoms with van der Waals surface area (Å²) >= 11 is 1.26. The van der Waals surface area contributed by atoms with E-state index in [4.69, 9.17) is 10.00 Å². The monoisotopic (exact) mass is 418 g/mol. The van der Waals surface area contributed by atoms with Crippen LogP contribution in [0.2, 0.25) is 0 Å². The molecule has 0 radical (unpaired) electrons. The summed E-state index contributed by atoms with van der Waals surface area (Å²) < 4.78 is 20.8. The van der Waals surface area contributed by atoms with Crippen molar-refractivity contribution >= 4 is 11.8 Å². The molecule has 0 amide bonds. The SMILES string of the molecule is CCOc1ccc(-n2c(Sc3ccc(C#N)nn3)nnc2-c2ccc(F)cc2)cc1. The maximum absolute atomic E-state index is 13.4. The molecule has 0 aliphatic rings. The van der Waals surface area contributed by atoms with E-state index >= 15 is 0 Å². The average molecular weight is 418 g/mol. The molecule has 30 heavy (non-hydrogen) atoms. The Hall–Kier alpha value is -3.77. The molecule has 0 bridgehead atoms. The van der Waals surface area contributed by atoms with Gasteiger partial charge in [-0.2, -0.15) is 5.26 Å². The first kappa shape index (κ1) is 19.5. The van der Waals surface area contributed by atoms with Gasteiger partial charge in [0.15, 0.2) is 11.5 Å². The predicted octanol–water partition coefficient (Wildman–Crippen LogP) is 4.28. The highest BCUT2D eigenvalue weighted by Crippen LogP contribution is 2.32. The Morgan fingerprint density at radius 3 is 2.37 bits per heavy atom. The van der Waals surface area contributed by atoms with Gasteiger partial charge in [-0.3, -0.25) is 4.57 Å². The lowest BCUT2D eigenvalue weighted by molar-refractivity contribution is 0.340. The Labute approximate surface area is 176 Å². The summed E-state index contributed by atoms with van der Waals surface area (Å²) in [4.78, 5) is 0. The lowest BCUT2D eigenvalue weighted by Crippen LogP contribution is -2.01. The van der Waals surface area contributed by atoms with Crippen molar-refractivity contribution in [1.82, 2.24) is 25.0 Å². The van der Waals surface area contributed by atoms with Gasteiger partial charge in [0.05, 0.1) is 12.3 Å². The second-order valence-corrected chi connectivity index (χ2v) is 7.03. The van der Waals surface area contributed by atoms with Crippen LogP contribution in [0.5, 0.6) is 5.75 Å². The minimum absolute atomic E-state index is 0.235. The quantitative estimate of drug-likeness (QED) is 0.461. The maximum Gasteiger partial charge on any atom is 0.202 e. The zero-order valence-corrected chi connectivity index (χ0v) is 16.7. The van der Waals surface area contributed by atoms with Crippen molar-refractivity contribution in [2.45, 2.75) is 17.1 Å². The lowest BCUT2D eigenvalue weighted by atomic mass is 10.2. The maximum atomic E-state index is 13.4. The van der Waals surface area contributed by atoms with Crippen LogP contribution in [0.25, 0.3) is 17.1 Å². The molecule has 2 aromatic carbocycles. The Bertz CT molecular complexity index is 1180. The van der Waals surface area contributed by atoms with Gasteiger partial charge in [-0.05, 0) is 79.3 Å². The van der Waals surface area contributed by atoms with E-state index < -0.39 is 0 Å². The van der Waals surface area contributed by atoms with E-state index in [0.717, 1.165) is 17.0 Å². The number of hydrogen-bond donors (Lipinski definition) is 0. The Balaban J connectivity index is 1.77. The van der Waals surface area contributed by atoms with Crippen molar-refractivity contribution in [3.8, 4) is 28.9 Å². The van der Waals surface area contributed by atoms with Gasteiger partial charge >= 0.3 is 0 Å². The van der Waals surface area contributed by atoms with E-state index in [1.54, 1.807) is 24.3 Å². The molecule has 4 rings (SSSR count). The molecule has 0 spiro atoms. The molecule has 0 atom stereocenters. The number of nitriles is 1. The average Bonchev–Trinajstić information content (AvgIpc) is 3.19. The minimum Gasteiger partial charge on any atom is -0.494 e. The number of ether oxygens (including phenoxy) is 1. The van der Waals surface area contributed by atoms with Crippen molar-refractivity contribution in [3.05, 3.63) is 72.2 Å². The second kappa shape index (κ2) is 8.71. The van der Waals surface area contributed by atoms with Gasteiger partial charge in [0.25, 0.3) is 0 Å². The number of benzene rings is 2. The number of rotatable bonds is 6. The largest absolute Gasteiger partial charge is 0.494 e. The van der Waals surface area contributed by atoms with Gasteiger partial charge in [-0.1, -0.05) is 0 Å². The van der Waals surface area contributed by atoms with Crippen LogP contribution in [0.3, 0.4) is 0 Å². The molecular formula is C21H15FN6OS. The van der Waals surface area contributed by atoms with E-state index in [1.165, 1.54) is 23.9 Å². The fourth-order valence-corrected chi connectivity index (χ4v) is 3.51. The van der Waals surface area contributed by atoms with E-state index in [-0.39, 0.29) is 11.5 Å². The Morgan fingerprint density at radius 1 is 0.967 bits per heavy atom. The highest BCUT2D eigenvalue weighted by atomic mass is 32.2. The molecule has 0 aliphatic heterocycles. The molecule has 4 aromatic rings. The van der Waals surface area contributed by atoms with Crippen LogP contribution >= 0.6 is 11.8 Å². The molecule has 0 saturated heterocycles. The standard InChI is InChI=1S/C21H15FN6OS/c1-2-29-18-10-8-17(9-11-18)28-20(14-3-5-15(22)6-4-14)26-27-21(28)30-19-12-7-16(13-23)24-25-19/h3-12H,2H2,1H3. The molecule has 7 nitrogen and oxygen atoms in total. The minimum atomic E-state index is -0.326. The summed E-state index contributed by atoms with van der Waals surface area (Å²) in [6, 6.07) is 18.8. The lowest BCUT2D eigenvalue weighted by Gasteiger charge is -2.11. The van der Waals surface area contributed by atoms with E-state index in [2.05, 4.69) is 20.4 Å². The summed E-state index contributed by atoms with van der Waals surface area (Å²) in [5, 5.41) is 26.6. The third-order valence-electron chi connectivity index (χ3n) is 4.09. The van der Waals surface area contributed by atoms with Crippen LogP contribution in [-0.4, -0.2) is 31.6 Å². The van der Waals surface area contributed by atoms with Gasteiger partial charge < -0.3 is 4.74 Å². The fraction of sp³-hybridized carbons (Fsp3) is 0.0952. The number of nitrogens with zero attached hydrogens (tertiary/aromatic N) is 6. The summed E-state index contributed by atoms with van der Waals surface area (Å²) in [7, 11) is 0. The zero-order chi connectivity index (χ0) is 20.9. The number of halogens is 1. The van der Waals surface area contributed by atoms with E-state index in [0.29, 0.717) is 22.6 Å². The molecule has 0 fully saturated rings. The van der Waals surface area contributed by atoms with Gasteiger partial charge in [0.2, 0.25) is 5.16 Å². The second-order valence-electron chi connectivity index (χ2n) is 6.05. The van der Waals surface area contributed by atoms with Gasteiger partial charge in [-0.25, -0.2) is 4.39 Å². The molecule has 0 N–H and O–H groups in total. The van der Waals surface area contributed by atoms with Crippen LogP contribution < -0.4 is 4.74 Å². The van der Waals surface area contributed by atoms with Gasteiger partial charge in [0.1, 0.15) is 22.7 Å². The predicted molar refractivity (Wildman–Crippen MR) is 109 cm³/mol. The first-order valence-corrected chi connectivity index (χ1v) is 9.86. The Morgan fingerprint density at radius 2 is 1.73 bits per heavy atom. The first-order valence-electron chi connectivity index (χ1n) is 9.04. The number of aromatic nitrogens is 5. The first-order chi connectivity index (χ1) is 14.7. The molecule has 0 saturated carbocycles. The van der Waals surface area contributed by atoms with Crippen molar-refractivity contribution in [3.63, 3.8) is 0 Å². The van der Waals surface area contributed by atoms with Crippen molar-refractivity contribution in [2.75, 3.05) is 6.61 Å². The Kier molecular flexibility index (Phi) is 5.68. The van der Waals surface area contributed by atoms with E-state index in [9.17, 15) is 4.39 Å².